The summed E-state index contributed by atoms with van der Waals surface area (Å²) in [5, 5.41) is 13.1. The highest BCUT2D eigenvalue weighted by atomic mass is 32.2. The van der Waals surface area contributed by atoms with Crippen LogP contribution in [-0.2, 0) is 5.54 Å². The molecule has 2 N–H and O–H groups in total. The van der Waals surface area contributed by atoms with Crippen molar-refractivity contribution in [3.05, 3.63) is 66.2 Å². The first-order valence-electron chi connectivity index (χ1n) is 6.84. The number of nitrogens with one attached hydrogen (secondary N) is 1. The molecule has 0 amide bonds. The highest BCUT2D eigenvalue weighted by Gasteiger charge is 2.24. The van der Waals surface area contributed by atoms with Crippen LogP contribution in [0.15, 0.2) is 65.6 Å². The molecule has 0 spiro atoms. The van der Waals surface area contributed by atoms with Crippen molar-refractivity contribution in [3.63, 3.8) is 0 Å². The van der Waals surface area contributed by atoms with E-state index in [0.717, 1.165) is 17.9 Å². The summed E-state index contributed by atoms with van der Waals surface area (Å²) < 4.78 is 0. The topological polar surface area (TPSA) is 32.3 Å². The minimum Gasteiger partial charge on any atom is -0.394 e. The Hall–Kier alpha value is -1.29. The third-order valence-corrected chi connectivity index (χ3v) is 4.37. The fourth-order valence-corrected chi connectivity index (χ4v) is 2.86. The Morgan fingerprint density at radius 2 is 1.60 bits per heavy atom. The zero-order valence-electron chi connectivity index (χ0n) is 11.8. The van der Waals surface area contributed by atoms with Crippen LogP contribution in [0, 0.1) is 0 Å². The normalized spacial score (nSPS) is 13.9. The number of aliphatic hydroxyl groups excluding tert-OH is 1. The number of hydrogen-bond acceptors (Lipinski definition) is 3. The Morgan fingerprint density at radius 3 is 2.20 bits per heavy atom. The molecule has 0 radical (unpaired) electrons. The van der Waals surface area contributed by atoms with Gasteiger partial charge in [0.1, 0.15) is 0 Å². The molecule has 1 unspecified atom stereocenters. The average Bonchev–Trinajstić information content (AvgIpc) is 2.53. The number of thioether (sulfide) groups is 1. The molecule has 2 aromatic rings. The van der Waals surface area contributed by atoms with Crippen LogP contribution in [0.25, 0.3) is 0 Å². The predicted molar refractivity (Wildman–Crippen MR) is 86.0 cm³/mol. The summed E-state index contributed by atoms with van der Waals surface area (Å²) >= 11 is 1.82. The first kappa shape index (κ1) is 15.1. The largest absolute Gasteiger partial charge is 0.394 e. The zero-order valence-corrected chi connectivity index (χ0v) is 12.6. The standard InChI is InChI=1S/C17H21NOS/c1-17(14-19,15-8-4-2-5-9-15)18-12-13-20-16-10-6-3-7-11-16/h2-11,18-19H,12-14H2,1H3. The number of rotatable bonds is 7. The summed E-state index contributed by atoms with van der Waals surface area (Å²) in [6, 6.07) is 20.5. The third-order valence-electron chi connectivity index (χ3n) is 3.36. The van der Waals surface area contributed by atoms with E-state index >= 15 is 0 Å². The minimum atomic E-state index is -0.376. The fourth-order valence-electron chi connectivity index (χ4n) is 2.07. The molecule has 2 nitrogen and oxygen atoms in total. The van der Waals surface area contributed by atoms with Gasteiger partial charge < -0.3 is 10.4 Å². The second-order valence-electron chi connectivity index (χ2n) is 4.94. The molecule has 0 aromatic heterocycles. The monoisotopic (exact) mass is 287 g/mol. The molecule has 106 valence electrons. The van der Waals surface area contributed by atoms with Crippen molar-refractivity contribution in [2.24, 2.45) is 0 Å². The Balaban J connectivity index is 1.85. The van der Waals surface area contributed by atoms with Crippen LogP contribution in [0.2, 0.25) is 0 Å². The van der Waals surface area contributed by atoms with Crippen LogP contribution < -0.4 is 5.32 Å². The quantitative estimate of drug-likeness (QED) is 0.605. The van der Waals surface area contributed by atoms with Crippen molar-refractivity contribution in [1.29, 1.82) is 0 Å². The van der Waals surface area contributed by atoms with Gasteiger partial charge in [-0.15, -0.1) is 11.8 Å². The lowest BCUT2D eigenvalue weighted by Gasteiger charge is -2.29. The van der Waals surface area contributed by atoms with Crippen molar-refractivity contribution >= 4 is 11.8 Å². The lowest BCUT2D eigenvalue weighted by Crippen LogP contribution is -2.43. The van der Waals surface area contributed by atoms with Crippen molar-refractivity contribution in [1.82, 2.24) is 5.32 Å². The molecule has 20 heavy (non-hydrogen) atoms. The van der Waals surface area contributed by atoms with Crippen molar-refractivity contribution < 1.29 is 5.11 Å². The summed E-state index contributed by atoms with van der Waals surface area (Å²) in [7, 11) is 0. The lowest BCUT2D eigenvalue weighted by atomic mass is 9.93. The van der Waals surface area contributed by atoms with Gasteiger partial charge >= 0.3 is 0 Å². The molecule has 0 heterocycles. The van der Waals surface area contributed by atoms with E-state index in [1.165, 1.54) is 4.90 Å². The Kier molecular flexibility index (Phi) is 5.65. The highest BCUT2D eigenvalue weighted by molar-refractivity contribution is 7.99. The van der Waals surface area contributed by atoms with Crippen molar-refractivity contribution in [2.75, 3.05) is 18.9 Å². The summed E-state index contributed by atoms with van der Waals surface area (Å²) in [6.45, 7) is 2.98. The van der Waals surface area contributed by atoms with E-state index in [9.17, 15) is 5.11 Å². The molecule has 0 saturated heterocycles. The van der Waals surface area contributed by atoms with Gasteiger partial charge in [-0.2, -0.15) is 0 Å². The van der Waals surface area contributed by atoms with E-state index in [-0.39, 0.29) is 12.1 Å². The third kappa shape index (κ3) is 4.10. The number of hydrogen-bond donors (Lipinski definition) is 2. The number of aliphatic hydroxyl groups is 1. The predicted octanol–water partition coefficient (Wildman–Crippen LogP) is 3.28. The van der Waals surface area contributed by atoms with Gasteiger partial charge in [-0.05, 0) is 24.6 Å². The van der Waals surface area contributed by atoms with Gasteiger partial charge in [-0.1, -0.05) is 48.5 Å². The van der Waals surface area contributed by atoms with E-state index in [1.54, 1.807) is 0 Å². The van der Waals surface area contributed by atoms with Crippen LogP contribution in [0.4, 0.5) is 0 Å². The molecule has 0 fully saturated rings. The maximum absolute atomic E-state index is 9.69. The van der Waals surface area contributed by atoms with Gasteiger partial charge in [0.15, 0.2) is 0 Å². The molecular formula is C17H21NOS. The minimum absolute atomic E-state index is 0.0903. The molecule has 2 rings (SSSR count). The van der Waals surface area contributed by atoms with Gasteiger partial charge in [0.25, 0.3) is 0 Å². The van der Waals surface area contributed by atoms with Gasteiger partial charge in [0, 0.05) is 17.2 Å². The molecule has 3 heteroatoms. The van der Waals surface area contributed by atoms with Crippen molar-refractivity contribution in [2.45, 2.75) is 17.4 Å². The molecule has 0 aliphatic carbocycles. The van der Waals surface area contributed by atoms with E-state index < -0.39 is 0 Å². The Bertz CT molecular complexity index is 503. The van der Waals surface area contributed by atoms with Crippen LogP contribution in [0.3, 0.4) is 0 Å². The molecule has 1 atom stereocenters. The molecular weight excluding hydrogens is 266 g/mol. The maximum atomic E-state index is 9.69. The molecule has 0 aliphatic rings. The van der Waals surface area contributed by atoms with Crippen LogP contribution in [0.5, 0.6) is 0 Å². The molecule has 0 saturated carbocycles. The summed E-state index contributed by atoms with van der Waals surface area (Å²) in [5.74, 6) is 0.979. The first-order chi connectivity index (χ1) is 9.74. The van der Waals surface area contributed by atoms with E-state index in [0.29, 0.717) is 0 Å². The molecule has 0 bridgehead atoms. The van der Waals surface area contributed by atoms with E-state index in [2.05, 4.69) is 29.6 Å². The number of benzene rings is 2. The summed E-state index contributed by atoms with van der Waals surface area (Å²) in [6.07, 6.45) is 0. The van der Waals surface area contributed by atoms with Crippen LogP contribution >= 0.6 is 11.8 Å². The smallest absolute Gasteiger partial charge is 0.0652 e. The van der Waals surface area contributed by atoms with Crippen molar-refractivity contribution in [3.8, 4) is 0 Å². The highest BCUT2D eigenvalue weighted by Crippen LogP contribution is 2.21. The SMILES string of the molecule is CC(CO)(NCCSc1ccccc1)c1ccccc1. The molecule has 0 aliphatic heterocycles. The van der Waals surface area contributed by atoms with E-state index in [1.807, 2.05) is 55.1 Å². The summed E-state index contributed by atoms with van der Waals surface area (Å²) in [4.78, 5) is 1.28. The van der Waals surface area contributed by atoms with E-state index in [4.69, 9.17) is 0 Å². The average molecular weight is 287 g/mol. The second kappa shape index (κ2) is 7.48. The summed E-state index contributed by atoms with van der Waals surface area (Å²) in [5.41, 5.74) is 0.741. The van der Waals surface area contributed by atoms with Crippen LogP contribution in [-0.4, -0.2) is 24.0 Å². The lowest BCUT2D eigenvalue weighted by molar-refractivity contribution is 0.177. The van der Waals surface area contributed by atoms with Gasteiger partial charge in [0.05, 0.1) is 12.1 Å². The first-order valence-corrected chi connectivity index (χ1v) is 7.82. The Labute approximate surface area is 125 Å². The van der Waals surface area contributed by atoms with Gasteiger partial charge in [-0.25, -0.2) is 0 Å². The van der Waals surface area contributed by atoms with Gasteiger partial charge in [-0.3, -0.25) is 0 Å². The fraction of sp³-hybridized carbons (Fsp3) is 0.294. The maximum Gasteiger partial charge on any atom is 0.0652 e. The Morgan fingerprint density at radius 1 is 1.00 bits per heavy atom. The molecule has 2 aromatic carbocycles. The zero-order chi connectivity index (χ0) is 14.3. The van der Waals surface area contributed by atoms with Crippen LogP contribution in [0.1, 0.15) is 12.5 Å². The second-order valence-corrected chi connectivity index (χ2v) is 6.11. The van der Waals surface area contributed by atoms with Gasteiger partial charge in [0.2, 0.25) is 0 Å².